The summed E-state index contributed by atoms with van der Waals surface area (Å²) in [6.45, 7) is 1.60. The SMILES string of the molecule is CCC(=O)OO.Fc1ccccc1. The van der Waals surface area contributed by atoms with Crippen molar-refractivity contribution in [1.82, 2.24) is 0 Å². The van der Waals surface area contributed by atoms with Gasteiger partial charge in [0.1, 0.15) is 5.82 Å². The number of benzene rings is 1. The smallest absolute Gasteiger partial charge is 0.301 e. The Morgan fingerprint density at radius 2 is 2.00 bits per heavy atom. The van der Waals surface area contributed by atoms with Crippen molar-refractivity contribution in [1.29, 1.82) is 0 Å². The summed E-state index contributed by atoms with van der Waals surface area (Å²) < 4.78 is 11.9. The Morgan fingerprint density at radius 1 is 1.46 bits per heavy atom. The fourth-order valence-corrected chi connectivity index (χ4v) is 0.479. The van der Waals surface area contributed by atoms with Crippen molar-refractivity contribution in [2.75, 3.05) is 0 Å². The van der Waals surface area contributed by atoms with E-state index in [9.17, 15) is 9.18 Å². The van der Waals surface area contributed by atoms with Gasteiger partial charge in [-0.25, -0.2) is 9.18 Å². The van der Waals surface area contributed by atoms with Crippen molar-refractivity contribution >= 4 is 5.97 Å². The third-order valence-corrected chi connectivity index (χ3v) is 1.12. The summed E-state index contributed by atoms with van der Waals surface area (Å²) in [7, 11) is 0. The van der Waals surface area contributed by atoms with Crippen molar-refractivity contribution in [2.45, 2.75) is 13.3 Å². The van der Waals surface area contributed by atoms with Gasteiger partial charge in [0, 0.05) is 6.42 Å². The third kappa shape index (κ3) is 6.96. The largest absolute Gasteiger partial charge is 0.341 e. The van der Waals surface area contributed by atoms with Crippen LogP contribution in [0, 0.1) is 5.82 Å². The molecule has 72 valence electrons. The van der Waals surface area contributed by atoms with Gasteiger partial charge in [0.05, 0.1) is 0 Å². The number of carbonyl (C=O) groups excluding carboxylic acids is 1. The van der Waals surface area contributed by atoms with Crippen molar-refractivity contribution in [3.63, 3.8) is 0 Å². The van der Waals surface area contributed by atoms with E-state index in [-0.39, 0.29) is 12.2 Å². The Kier molecular flexibility index (Phi) is 6.45. The molecule has 13 heavy (non-hydrogen) atoms. The minimum atomic E-state index is -0.602. The van der Waals surface area contributed by atoms with E-state index in [0.717, 1.165) is 0 Å². The molecule has 0 fully saturated rings. The topological polar surface area (TPSA) is 46.5 Å². The first-order valence-corrected chi connectivity index (χ1v) is 3.75. The maximum Gasteiger partial charge on any atom is 0.341 e. The van der Waals surface area contributed by atoms with E-state index in [1.165, 1.54) is 12.1 Å². The molecule has 0 unspecified atom stereocenters. The first-order chi connectivity index (χ1) is 6.20. The molecule has 0 spiro atoms. The summed E-state index contributed by atoms with van der Waals surface area (Å²) in [5, 5.41) is 7.49. The number of rotatable bonds is 1. The standard InChI is InChI=1S/C6H5F.C3H6O3/c7-6-4-2-1-3-5-6;1-2-3(4)6-5/h1-5H;5H,2H2,1H3. The van der Waals surface area contributed by atoms with Gasteiger partial charge in [-0.15, -0.1) is 0 Å². The van der Waals surface area contributed by atoms with E-state index in [4.69, 9.17) is 5.26 Å². The number of halogens is 1. The van der Waals surface area contributed by atoms with Gasteiger partial charge >= 0.3 is 5.97 Å². The lowest BCUT2D eigenvalue weighted by Crippen LogP contribution is -1.95. The van der Waals surface area contributed by atoms with Gasteiger partial charge in [0.2, 0.25) is 0 Å². The first-order valence-electron chi connectivity index (χ1n) is 3.75. The molecule has 4 heteroatoms. The van der Waals surface area contributed by atoms with Crippen molar-refractivity contribution in [3.05, 3.63) is 36.1 Å². The summed E-state index contributed by atoms with van der Waals surface area (Å²) in [5.41, 5.74) is 0. The molecule has 1 aromatic rings. The van der Waals surface area contributed by atoms with E-state index in [2.05, 4.69) is 4.89 Å². The Labute approximate surface area is 75.7 Å². The third-order valence-electron chi connectivity index (χ3n) is 1.12. The second-order valence-electron chi connectivity index (χ2n) is 2.11. The summed E-state index contributed by atoms with van der Waals surface area (Å²) in [6, 6.07) is 7.94. The Morgan fingerprint density at radius 3 is 2.15 bits per heavy atom. The zero-order valence-corrected chi connectivity index (χ0v) is 7.24. The summed E-state index contributed by atoms with van der Waals surface area (Å²) in [5.74, 6) is -0.780. The predicted molar refractivity (Wildman–Crippen MR) is 45.4 cm³/mol. The van der Waals surface area contributed by atoms with Crippen LogP contribution in [0.1, 0.15) is 13.3 Å². The predicted octanol–water partition coefficient (Wildman–Crippen LogP) is 2.24. The average Bonchev–Trinajstić information content (AvgIpc) is 2.19. The lowest BCUT2D eigenvalue weighted by atomic mass is 10.4. The fraction of sp³-hybridized carbons (Fsp3) is 0.222. The molecule has 0 saturated heterocycles. The highest BCUT2D eigenvalue weighted by molar-refractivity contribution is 5.67. The fourth-order valence-electron chi connectivity index (χ4n) is 0.479. The maximum atomic E-state index is 11.9. The Balaban J connectivity index is 0.000000226. The molecule has 0 aliphatic heterocycles. The summed E-state index contributed by atoms with van der Waals surface area (Å²) >= 11 is 0. The van der Waals surface area contributed by atoms with Gasteiger partial charge < -0.3 is 4.89 Å². The molecule has 1 rings (SSSR count). The minimum absolute atomic E-state index is 0.178. The molecule has 0 aliphatic carbocycles. The second-order valence-corrected chi connectivity index (χ2v) is 2.11. The Bertz CT molecular complexity index is 230. The van der Waals surface area contributed by atoms with Gasteiger partial charge in [0.25, 0.3) is 0 Å². The van der Waals surface area contributed by atoms with Crippen molar-refractivity contribution in [3.8, 4) is 0 Å². The monoisotopic (exact) mass is 186 g/mol. The molecule has 0 amide bonds. The molecule has 0 aromatic heterocycles. The van der Waals surface area contributed by atoms with Gasteiger partial charge in [0.15, 0.2) is 0 Å². The molecule has 3 nitrogen and oxygen atoms in total. The van der Waals surface area contributed by atoms with Crippen LogP contribution in [0.5, 0.6) is 0 Å². The van der Waals surface area contributed by atoms with Gasteiger partial charge in [-0.05, 0) is 12.1 Å². The van der Waals surface area contributed by atoms with E-state index >= 15 is 0 Å². The highest BCUT2D eigenvalue weighted by Crippen LogP contribution is 1.91. The van der Waals surface area contributed by atoms with Crippen LogP contribution >= 0.6 is 0 Å². The van der Waals surface area contributed by atoms with Crippen LogP contribution in [0.25, 0.3) is 0 Å². The van der Waals surface area contributed by atoms with E-state index in [1.54, 1.807) is 25.1 Å². The quantitative estimate of drug-likeness (QED) is 0.540. The van der Waals surface area contributed by atoms with Gasteiger partial charge in [-0.3, -0.25) is 0 Å². The van der Waals surface area contributed by atoms with Crippen LogP contribution in [-0.2, 0) is 9.68 Å². The molecule has 0 atom stereocenters. The highest BCUT2D eigenvalue weighted by Gasteiger charge is 1.90. The van der Waals surface area contributed by atoms with E-state index in [0.29, 0.717) is 0 Å². The molecule has 1 N–H and O–H groups in total. The van der Waals surface area contributed by atoms with E-state index in [1.807, 2.05) is 0 Å². The summed E-state index contributed by atoms with van der Waals surface area (Å²) in [6.07, 6.45) is 0.219. The molecule has 0 bridgehead atoms. The van der Waals surface area contributed by atoms with Crippen molar-refractivity contribution in [2.24, 2.45) is 0 Å². The number of carbonyl (C=O) groups is 1. The zero-order chi connectivity index (χ0) is 10.1. The molecule has 0 saturated carbocycles. The first kappa shape index (κ1) is 11.6. The highest BCUT2D eigenvalue weighted by atomic mass is 19.1. The van der Waals surface area contributed by atoms with Gasteiger partial charge in [-0.2, -0.15) is 5.26 Å². The zero-order valence-electron chi connectivity index (χ0n) is 7.24. The van der Waals surface area contributed by atoms with Crippen LogP contribution in [0.15, 0.2) is 30.3 Å². The van der Waals surface area contributed by atoms with Gasteiger partial charge in [-0.1, -0.05) is 25.1 Å². The molecular formula is C9H11FO3. The van der Waals surface area contributed by atoms with Crippen LogP contribution in [0.2, 0.25) is 0 Å². The minimum Gasteiger partial charge on any atom is -0.301 e. The van der Waals surface area contributed by atoms with E-state index < -0.39 is 5.97 Å². The average molecular weight is 186 g/mol. The molecule has 0 radical (unpaired) electrons. The van der Waals surface area contributed by atoms with Crippen LogP contribution in [-0.4, -0.2) is 11.2 Å². The molecule has 1 aromatic carbocycles. The van der Waals surface area contributed by atoms with Crippen LogP contribution in [0.3, 0.4) is 0 Å². The Hall–Kier alpha value is -1.42. The van der Waals surface area contributed by atoms with Crippen molar-refractivity contribution < 1.29 is 19.3 Å². The molecular weight excluding hydrogens is 175 g/mol. The normalized spacial score (nSPS) is 8.23. The summed E-state index contributed by atoms with van der Waals surface area (Å²) in [4.78, 5) is 13.0. The maximum absolute atomic E-state index is 11.9. The lowest BCUT2D eigenvalue weighted by Gasteiger charge is -1.83. The van der Waals surface area contributed by atoms with Crippen LogP contribution in [0.4, 0.5) is 4.39 Å². The van der Waals surface area contributed by atoms with Crippen LogP contribution < -0.4 is 0 Å². The second kappa shape index (κ2) is 7.24. The number of hydrogen-bond acceptors (Lipinski definition) is 3. The lowest BCUT2D eigenvalue weighted by molar-refractivity contribution is -0.233. The molecule has 0 aliphatic rings. The number of hydrogen-bond donors (Lipinski definition) is 1. The molecule has 0 heterocycles.